The summed E-state index contributed by atoms with van der Waals surface area (Å²) < 4.78 is 0. The number of rotatable bonds is 1. The van der Waals surface area contributed by atoms with Crippen LogP contribution in [0.15, 0.2) is 12.2 Å². The molecule has 0 heterocycles. The van der Waals surface area contributed by atoms with Crippen molar-refractivity contribution in [1.29, 1.82) is 0 Å². The number of ketones is 1. The quantitative estimate of drug-likeness (QED) is 0.731. The van der Waals surface area contributed by atoms with E-state index in [4.69, 9.17) is 0 Å². The van der Waals surface area contributed by atoms with E-state index < -0.39 is 11.5 Å². The Kier molecular flexibility index (Phi) is 3.23. The fraction of sp³-hybridized carbons (Fsp3) is 0.850. The van der Waals surface area contributed by atoms with E-state index in [1.807, 2.05) is 6.92 Å². The Labute approximate surface area is 139 Å². The van der Waals surface area contributed by atoms with Crippen LogP contribution in [0.25, 0.3) is 0 Å². The van der Waals surface area contributed by atoms with E-state index >= 15 is 0 Å². The number of carbonyl (C=O) groups excluding carboxylic acids is 1. The first kappa shape index (κ1) is 15.8. The monoisotopic (exact) mass is 318 g/mol. The molecule has 0 aromatic heterocycles. The van der Waals surface area contributed by atoms with Crippen molar-refractivity contribution in [3.05, 3.63) is 12.2 Å². The van der Waals surface area contributed by atoms with Gasteiger partial charge in [0, 0.05) is 17.3 Å². The van der Waals surface area contributed by atoms with Crippen molar-refractivity contribution < 1.29 is 15.0 Å². The van der Waals surface area contributed by atoms with Gasteiger partial charge in [-0.05, 0) is 61.7 Å². The van der Waals surface area contributed by atoms with E-state index in [0.29, 0.717) is 24.0 Å². The SMILES string of the molecule is C=C1CC23CC1CCC2C1(C)CCC(O)C(C)(CO)C1CC3=O. The highest BCUT2D eigenvalue weighted by Crippen LogP contribution is 2.70. The molecule has 0 radical (unpaired) electrons. The van der Waals surface area contributed by atoms with Crippen molar-refractivity contribution in [1.82, 2.24) is 0 Å². The normalized spacial score (nSPS) is 55.5. The molecular weight excluding hydrogens is 288 g/mol. The van der Waals surface area contributed by atoms with Crippen LogP contribution in [0.5, 0.6) is 0 Å². The summed E-state index contributed by atoms with van der Waals surface area (Å²) in [6.07, 6.45) is 5.93. The fourth-order valence-corrected chi connectivity index (χ4v) is 7.21. The van der Waals surface area contributed by atoms with Gasteiger partial charge in [0.2, 0.25) is 0 Å². The molecule has 4 aliphatic carbocycles. The maximum atomic E-state index is 13.3. The minimum atomic E-state index is -0.545. The molecule has 0 aromatic carbocycles. The fourth-order valence-electron chi connectivity index (χ4n) is 7.21. The van der Waals surface area contributed by atoms with E-state index in [9.17, 15) is 15.0 Å². The van der Waals surface area contributed by atoms with Gasteiger partial charge in [-0.2, -0.15) is 0 Å². The molecular formula is C20H30O3. The predicted molar refractivity (Wildman–Crippen MR) is 88.7 cm³/mol. The minimum Gasteiger partial charge on any atom is -0.396 e. The van der Waals surface area contributed by atoms with Crippen molar-refractivity contribution in [2.24, 2.45) is 34.0 Å². The third kappa shape index (κ3) is 1.76. The molecule has 7 atom stereocenters. The molecule has 0 aromatic rings. The lowest BCUT2D eigenvalue weighted by Gasteiger charge is -2.64. The summed E-state index contributed by atoms with van der Waals surface area (Å²) in [7, 11) is 0. The molecule has 2 bridgehead atoms. The van der Waals surface area contributed by atoms with Gasteiger partial charge in [-0.3, -0.25) is 4.79 Å². The number of aliphatic hydroxyl groups is 2. The lowest BCUT2D eigenvalue weighted by atomic mass is 9.40. The second kappa shape index (κ2) is 4.70. The zero-order chi connectivity index (χ0) is 16.6. The smallest absolute Gasteiger partial charge is 0.139 e. The van der Waals surface area contributed by atoms with Crippen molar-refractivity contribution in [3.63, 3.8) is 0 Å². The molecule has 4 aliphatic rings. The lowest BCUT2D eigenvalue weighted by Crippen LogP contribution is -2.63. The number of hydrogen-bond donors (Lipinski definition) is 2. The lowest BCUT2D eigenvalue weighted by molar-refractivity contribution is -0.197. The predicted octanol–water partition coefficient (Wildman–Crippen LogP) is 3.10. The Morgan fingerprint density at radius 2 is 1.96 bits per heavy atom. The molecule has 3 nitrogen and oxygen atoms in total. The molecule has 0 amide bonds. The first-order chi connectivity index (χ1) is 10.8. The highest BCUT2D eigenvalue weighted by atomic mass is 16.3. The Balaban J connectivity index is 1.80. The van der Waals surface area contributed by atoms with Gasteiger partial charge in [-0.1, -0.05) is 26.0 Å². The average molecular weight is 318 g/mol. The summed E-state index contributed by atoms with van der Waals surface area (Å²) in [5, 5.41) is 20.6. The van der Waals surface area contributed by atoms with E-state index in [0.717, 1.165) is 32.1 Å². The topological polar surface area (TPSA) is 57.5 Å². The van der Waals surface area contributed by atoms with Gasteiger partial charge in [0.15, 0.2) is 0 Å². The summed E-state index contributed by atoms with van der Waals surface area (Å²) in [5.74, 6) is 1.43. The summed E-state index contributed by atoms with van der Waals surface area (Å²) in [6, 6.07) is 0. The number of aliphatic hydroxyl groups excluding tert-OH is 2. The van der Waals surface area contributed by atoms with E-state index in [1.165, 1.54) is 12.0 Å². The molecule has 1 spiro atoms. The van der Waals surface area contributed by atoms with Gasteiger partial charge in [-0.25, -0.2) is 0 Å². The molecule has 3 heteroatoms. The molecule has 2 N–H and O–H groups in total. The first-order valence-corrected chi connectivity index (χ1v) is 9.28. The number of allylic oxidation sites excluding steroid dienone is 1. The van der Waals surface area contributed by atoms with Crippen LogP contribution in [0.2, 0.25) is 0 Å². The molecule has 0 aliphatic heterocycles. The maximum Gasteiger partial charge on any atom is 0.139 e. The summed E-state index contributed by atoms with van der Waals surface area (Å²) in [6.45, 7) is 8.57. The number of hydrogen-bond acceptors (Lipinski definition) is 3. The van der Waals surface area contributed by atoms with Crippen LogP contribution in [0.4, 0.5) is 0 Å². The van der Waals surface area contributed by atoms with Gasteiger partial charge in [-0.15, -0.1) is 0 Å². The molecule has 4 fully saturated rings. The maximum absolute atomic E-state index is 13.3. The van der Waals surface area contributed by atoms with Gasteiger partial charge in [0.25, 0.3) is 0 Å². The summed E-state index contributed by atoms with van der Waals surface area (Å²) in [4.78, 5) is 13.3. The molecule has 4 saturated carbocycles. The summed E-state index contributed by atoms with van der Waals surface area (Å²) in [5.41, 5.74) is 0.629. The zero-order valence-electron chi connectivity index (χ0n) is 14.5. The van der Waals surface area contributed by atoms with E-state index in [-0.39, 0.29) is 23.4 Å². The molecule has 128 valence electrons. The second-order valence-corrected chi connectivity index (χ2v) is 9.43. The van der Waals surface area contributed by atoms with Crippen LogP contribution in [-0.4, -0.2) is 28.7 Å². The molecule has 0 saturated heterocycles. The highest BCUT2D eigenvalue weighted by Gasteiger charge is 2.68. The van der Waals surface area contributed by atoms with Crippen LogP contribution in [-0.2, 0) is 4.79 Å². The standard InChI is InChI=1S/C20H30O3/c1-12-9-20-10-13(12)4-5-14(20)18(2)7-6-16(22)19(3,11-21)15(18)8-17(20)23/h13-16,21-22H,1,4-11H2,2-3H3. The average Bonchev–Trinajstić information content (AvgIpc) is 2.78. The van der Waals surface area contributed by atoms with Crippen LogP contribution in [0.1, 0.15) is 58.8 Å². The molecule has 4 rings (SSSR count). The Morgan fingerprint density at radius 1 is 1.22 bits per heavy atom. The van der Waals surface area contributed by atoms with E-state index in [2.05, 4.69) is 13.5 Å². The number of fused-ring (bicyclic) bond motifs is 3. The number of Topliss-reactive ketones (excluding diaryl/α,β-unsaturated/α-hetero) is 1. The summed E-state index contributed by atoms with van der Waals surface area (Å²) >= 11 is 0. The third-order valence-corrected chi connectivity index (χ3v) is 8.59. The molecule has 23 heavy (non-hydrogen) atoms. The van der Waals surface area contributed by atoms with Crippen molar-refractivity contribution in [3.8, 4) is 0 Å². The minimum absolute atomic E-state index is 0.0310. The Morgan fingerprint density at radius 3 is 2.65 bits per heavy atom. The molecule has 7 unspecified atom stereocenters. The van der Waals surface area contributed by atoms with Crippen molar-refractivity contribution >= 4 is 5.78 Å². The second-order valence-electron chi connectivity index (χ2n) is 9.43. The third-order valence-electron chi connectivity index (χ3n) is 8.59. The largest absolute Gasteiger partial charge is 0.396 e. The Hall–Kier alpha value is -0.670. The van der Waals surface area contributed by atoms with Crippen molar-refractivity contribution in [2.45, 2.75) is 64.9 Å². The Bertz CT molecular complexity index is 569. The van der Waals surface area contributed by atoms with Crippen molar-refractivity contribution in [2.75, 3.05) is 6.61 Å². The first-order valence-electron chi connectivity index (χ1n) is 9.28. The number of carbonyl (C=O) groups is 1. The van der Waals surface area contributed by atoms with E-state index in [1.54, 1.807) is 0 Å². The van der Waals surface area contributed by atoms with Gasteiger partial charge < -0.3 is 10.2 Å². The zero-order valence-corrected chi connectivity index (χ0v) is 14.5. The van der Waals surface area contributed by atoms with Crippen LogP contribution >= 0.6 is 0 Å². The van der Waals surface area contributed by atoms with Gasteiger partial charge >= 0.3 is 0 Å². The van der Waals surface area contributed by atoms with Crippen LogP contribution in [0.3, 0.4) is 0 Å². The van der Waals surface area contributed by atoms with Gasteiger partial charge in [0.1, 0.15) is 5.78 Å². The van der Waals surface area contributed by atoms with Crippen LogP contribution in [0, 0.1) is 34.0 Å². The van der Waals surface area contributed by atoms with Crippen LogP contribution < -0.4 is 0 Å². The van der Waals surface area contributed by atoms with Gasteiger partial charge in [0.05, 0.1) is 12.7 Å². The highest BCUT2D eigenvalue weighted by molar-refractivity contribution is 5.88.